The van der Waals surface area contributed by atoms with Gasteiger partial charge in [0.15, 0.2) is 0 Å². The molecule has 0 fully saturated rings. The van der Waals surface area contributed by atoms with Crippen LogP contribution in [0.5, 0.6) is 0 Å². The number of rotatable bonds is 22. The summed E-state index contributed by atoms with van der Waals surface area (Å²) in [5.74, 6) is 0. The van der Waals surface area contributed by atoms with Gasteiger partial charge in [0.1, 0.15) is 0 Å². The first kappa shape index (κ1) is 35.0. The Bertz CT molecular complexity index is 732. The number of nitrogens with zero attached hydrogens (tertiary/aromatic N) is 1. The molecule has 0 unspecified atom stereocenters. The standard InChI is InChI=1S/C8H5NO2.6C4H9.2Sn/c1-2-7-3-5-8(6-4-7)9(10)11;6*1-3-4-2;;/h1,3-6H;6*1,3-4H2,2H3;;. The molecule has 0 bridgehead atoms. The summed E-state index contributed by atoms with van der Waals surface area (Å²) >= 11 is -5.33. The van der Waals surface area contributed by atoms with Crippen LogP contribution in [0.2, 0.25) is 26.6 Å². The van der Waals surface area contributed by atoms with E-state index in [0.29, 0.717) is 0 Å². The van der Waals surface area contributed by atoms with Gasteiger partial charge in [-0.15, -0.1) is 0 Å². The minimum absolute atomic E-state index is 0.234. The second-order valence-corrected chi connectivity index (χ2v) is 37.6. The number of nitro groups is 1. The van der Waals surface area contributed by atoms with Crippen molar-refractivity contribution in [2.45, 2.75) is 145 Å². The molecule has 0 aromatic heterocycles. The monoisotopic (exact) mass is 729 g/mol. The molecule has 1 aromatic rings. The van der Waals surface area contributed by atoms with Crippen molar-refractivity contribution < 1.29 is 4.92 Å². The van der Waals surface area contributed by atoms with Crippen molar-refractivity contribution in [3.8, 4) is 0 Å². The van der Waals surface area contributed by atoms with E-state index in [2.05, 4.69) is 57.8 Å². The molecule has 1 rings (SSSR count). The van der Waals surface area contributed by atoms with Crippen LogP contribution in [0.3, 0.4) is 0 Å². The fraction of sp³-hybridized carbons (Fsp3) is 0.750. The number of hydrogen-bond donors (Lipinski definition) is 0. The van der Waals surface area contributed by atoms with Crippen LogP contribution in [0, 0.1) is 10.1 Å². The molecule has 0 aliphatic rings. The Labute approximate surface area is 238 Å². The SMILES string of the molecule is CCC[CH2][Sn](/[CH]=[C](/c1ccc([N+](=O)[O-])cc1)[Sn]([CH2]CCC)([CH2]CCC)[CH2]CCC)([CH2]CCC)[CH2]CCC. The average molecular weight is 727 g/mol. The summed E-state index contributed by atoms with van der Waals surface area (Å²) in [5.41, 5.74) is 1.60. The van der Waals surface area contributed by atoms with Gasteiger partial charge in [-0.1, -0.05) is 0 Å². The Morgan fingerprint density at radius 3 is 1.32 bits per heavy atom. The van der Waals surface area contributed by atoms with Crippen LogP contribution in [0.1, 0.15) is 124 Å². The summed E-state index contributed by atoms with van der Waals surface area (Å²) in [6.07, 6.45) is 16.0. The summed E-state index contributed by atoms with van der Waals surface area (Å²) in [6.45, 7) is 14.2. The van der Waals surface area contributed by atoms with Gasteiger partial charge in [-0.25, -0.2) is 0 Å². The van der Waals surface area contributed by atoms with E-state index >= 15 is 0 Å². The molecule has 37 heavy (non-hydrogen) atoms. The van der Waals surface area contributed by atoms with Crippen LogP contribution < -0.4 is 0 Å². The molecule has 5 heteroatoms. The summed E-state index contributed by atoms with van der Waals surface area (Å²) < 4.78 is 13.8. The van der Waals surface area contributed by atoms with Crippen molar-refractivity contribution in [2.24, 2.45) is 0 Å². The molecule has 0 spiro atoms. The van der Waals surface area contributed by atoms with Gasteiger partial charge in [0.05, 0.1) is 0 Å². The van der Waals surface area contributed by atoms with Gasteiger partial charge in [0.2, 0.25) is 0 Å². The summed E-state index contributed by atoms with van der Waals surface area (Å²) in [5, 5.41) is 11.5. The van der Waals surface area contributed by atoms with Gasteiger partial charge in [-0.3, -0.25) is 0 Å². The van der Waals surface area contributed by atoms with E-state index in [9.17, 15) is 10.1 Å². The number of benzene rings is 1. The van der Waals surface area contributed by atoms with Gasteiger partial charge in [0, 0.05) is 0 Å². The molecular formula is C32H59NO2Sn2. The van der Waals surface area contributed by atoms with Crippen molar-refractivity contribution in [1.29, 1.82) is 0 Å². The predicted molar refractivity (Wildman–Crippen MR) is 171 cm³/mol. The normalized spacial score (nSPS) is 12.8. The Morgan fingerprint density at radius 2 is 1.00 bits per heavy atom. The molecule has 0 aliphatic carbocycles. The molecule has 0 radical (unpaired) electrons. The van der Waals surface area contributed by atoms with Crippen LogP contribution in [-0.4, -0.2) is 41.7 Å². The topological polar surface area (TPSA) is 43.1 Å². The van der Waals surface area contributed by atoms with Crippen LogP contribution in [-0.2, 0) is 0 Å². The van der Waals surface area contributed by atoms with E-state index in [0.717, 1.165) is 0 Å². The number of non-ortho nitro benzene ring substituents is 1. The maximum absolute atomic E-state index is 11.5. The first-order valence-corrected chi connectivity index (χ1v) is 31.0. The molecule has 0 heterocycles. The molecule has 0 saturated carbocycles. The molecule has 0 N–H and O–H groups in total. The summed E-state index contributed by atoms with van der Waals surface area (Å²) in [7, 11) is 0. The zero-order valence-electron chi connectivity index (χ0n) is 25.4. The Balaban J connectivity index is 3.92. The van der Waals surface area contributed by atoms with Crippen LogP contribution in [0.25, 0.3) is 3.59 Å². The summed E-state index contributed by atoms with van der Waals surface area (Å²) in [6, 6.07) is 7.88. The van der Waals surface area contributed by atoms with E-state index in [1.165, 1.54) is 109 Å². The van der Waals surface area contributed by atoms with Crippen molar-refractivity contribution in [3.05, 3.63) is 44.0 Å². The maximum atomic E-state index is 11.5. The van der Waals surface area contributed by atoms with E-state index in [-0.39, 0.29) is 10.6 Å². The molecular weight excluding hydrogens is 668 g/mol. The summed E-state index contributed by atoms with van der Waals surface area (Å²) in [4.78, 5) is 11.3. The van der Waals surface area contributed by atoms with E-state index < -0.39 is 36.8 Å². The second kappa shape index (κ2) is 19.9. The third kappa shape index (κ3) is 11.9. The fourth-order valence-corrected chi connectivity index (χ4v) is 48.9. The zero-order valence-corrected chi connectivity index (χ0v) is 31.1. The van der Waals surface area contributed by atoms with Crippen molar-refractivity contribution in [1.82, 2.24) is 0 Å². The number of hydrogen-bond acceptors (Lipinski definition) is 2. The Kier molecular flexibility index (Phi) is 18.8. The van der Waals surface area contributed by atoms with Crippen molar-refractivity contribution in [3.63, 3.8) is 0 Å². The first-order chi connectivity index (χ1) is 17.9. The van der Waals surface area contributed by atoms with Crippen LogP contribution >= 0.6 is 0 Å². The molecule has 0 atom stereocenters. The van der Waals surface area contributed by atoms with Crippen LogP contribution in [0.15, 0.2) is 28.4 Å². The van der Waals surface area contributed by atoms with Crippen molar-refractivity contribution in [2.75, 3.05) is 0 Å². The fourth-order valence-electron chi connectivity index (χ4n) is 6.11. The zero-order chi connectivity index (χ0) is 27.6. The number of nitro benzene ring substituents is 1. The molecule has 0 aliphatic heterocycles. The van der Waals surface area contributed by atoms with Gasteiger partial charge in [-0.05, 0) is 0 Å². The molecule has 1 aromatic carbocycles. The molecule has 212 valence electrons. The molecule has 3 nitrogen and oxygen atoms in total. The molecule has 0 saturated heterocycles. The van der Waals surface area contributed by atoms with Gasteiger partial charge < -0.3 is 0 Å². The van der Waals surface area contributed by atoms with Gasteiger partial charge in [0.25, 0.3) is 0 Å². The predicted octanol–water partition coefficient (Wildman–Crippen LogP) is 11.8. The minimum atomic E-state index is -2.76. The van der Waals surface area contributed by atoms with E-state index in [1.54, 1.807) is 12.1 Å². The third-order valence-corrected chi connectivity index (χ3v) is 40.7. The Hall–Kier alpha value is -0.0426. The van der Waals surface area contributed by atoms with Gasteiger partial charge in [-0.2, -0.15) is 0 Å². The van der Waals surface area contributed by atoms with Crippen LogP contribution in [0.4, 0.5) is 5.69 Å². The van der Waals surface area contributed by atoms with E-state index in [4.69, 9.17) is 0 Å². The van der Waals surface area contributed by atoms with Gasteiger partial charge >= 0.3 is 240 Å². The first-order valence-electron chi connectivity index (χ1n) is 15.9. The number of unbranched alkanes of at least 4 members (excludes halogenated alkanes) is 6. The third-order valence-electron chi connectivity index (χ3n) is 8.52. The van der Waals surface area contributed by atoms with E-state index in [1.807, 2.05) is 3.59 Å². The second-order valence-electron chi connectivity index (χ2n) is 11.6. The average Bonchev–Trinajstić information content (AvgIpc) is 2.92. The Morgan fingerprint density at radius 1 is 0.649 bits per heavy atom. The quantitative estimate of drug-likeness (QED) is 0.0678. The molecule has 0 amide bonds. The van der Waals surface area contributed by atoms with Crippen molar-refractivity contribution >= 4 is 46.0 Å².